The number of nitrogens with zero attached hydrogens (tertiary/aromatic N) is 2. The standard InChI is InChI=1S/C22H27N2O2P/c1-4-17-26-22(19(2)3)18-27(25)23(20-11-7-5-8-12-20)15-16-24(27)21-13-9-6-10-14-21/h4-14H,1,15-18H2,2-3H3. The van der Waals surface area contributed by atoms with Crippen LogP contribution < -0.4 is 9.34 Å². The summed E-state index contributed by atoms with van der Waals surface area (Å²) in [6, 6.07) is 20.0. The molecule has 0 unspecified atom stereocenters. The second kappa shape index (κ2) is 8.49. The van der Waals surface area contributed by atoms with Gasteiger partial charge in [-0.05, 0) is 43.7 Å². The molecule has 1 aliphatic rings. The van der Waals surface area contributed by atoms with Crippen LogP contribution in [0.25, 0.3) is 0 Å². The minimum absolute atomic E-state index is 0.368. The van der Waals surface area contributed by atoms with Crippen molar-refractivity contribution in [3.8, 4) is 0 Å². The smallest absolute Gasteiger partial charge is 0.270 e. The van der Waals surface area contributed by atoms with Crippen LogP contribution in [0.1, 0.15) is 13.8 Å². The fourth-order valence-electron chi connectivity index (χ4n) is 3.32. The van der Waals surface area contributed by atoms with Gasteiger partial charge < -0.3 is 14.1 Å². The second-order valence-electron chi connectivity index (χ2n) is 6.76. The van der Waals surface area contributed by atoms with Gasteiger partial charge in [-0.3, -0.25) is 4.57 Å². The Bertz CT molecular complexity index is 794. The van der Waals surface area contributed by atoms with Crippen LogP contribution in [-0.4, -0.2) is 25.9 Å². The van der Waals surface area contributed by atoms with Crippen LogP contribution in [0.4, 0.5) is 11.4 Å². The molecule has 0 bridgehead atoms. The third-order valence-corrected chi connectivity index (χ3v) is 7.74. The molecule has 0 radical (unpaired) electrons. The van der Waals surface area contributed by atoms with Crippen LogP contribution in [0.3, 0.4) is 0 Å². The highest BCUT2D eigenvalue weighted by atomic mass is 31.2. The molecule has 0 amide bonds. The van der Waals surface area contributed by atoms with E-state index in [4.69, 9.17) is 4.74 Å². The molecule has 0 saturated carbocycles. The lowest BCUT2D eigenvalue weighted by atomic mass is 10.3. The summed E-state index contributed by atoms with van der Waals surface area (Å²) in [5.41, 5.74) is 3.01. The molecule has 0 N–H and O–H groups in total. The number of hydrogen-bond donors (Lipinski definition) is 0. The first-order valence-electron chi connectivity index (χ1n) is 9.21. The van der Waals surface area contributed by atoms with Crippen molar-refractivity contribution in [1.29, 1.82) is 0 Å². The number of anilines is 2. The Hall–Kier alpha value is -2.45. The Balaban J connectivity index is 2.02. The van der Waals surface area contributed by atoms with Crippen LogP contribution in [0.15, 0.2) is 84.7 Å². The molecule has 3 rings (SSSR count). The normalized spacial score (nSPS) is 15.5. The van der Waals surface area contributed by atoms with Crippen molar-refractivity contribution >= 4 is 18.8 Å². The van der Waals surface area contributed by atoms with Gasteiger partial charge in [0.25, 0.3) is 7.44 Å². The van der Waals surface area contributed by atoms with Crippen LogP contribution in [0.5, 0.6) is 0 Å². The molecule has 2 aromatic carbocycles. The third-order valence-electron chi connectivity index (χ3n) is 4.67. The highest BCUT2D eigenvalue weighted by Crippen LogP contribution is 2.61. The fraction of sp³-hybridized carbons (Fsp3) is 0.273. The average Bonchev–Trinajstić information content (AvgIpc) is 3.03. The molecule has 0 spiro atoms. The lowest BCUT2D eigenvalue weighted by molar-refractivity contribution is 0.246. The Kier molecular flexibility index (Phi) is 6.08. The van der Waals surface area contributed by atoms with Crippen LogP contribution in [0, 0.1) is 0 Å². The highest BCUT2D eigenvalue weighted by molar-refractivity contribution is 7.67. The van der Waals surface area contributed by atoms with Crippen molar-refractivity contribution in [1.82, 2.24) is 0 Å². The number of hydrogen-bond acceptors (Lipinski definition) is 2. The molecular weight excluding hydrogens is 355 g/mol. The first-order chi connectivity index (χ1) is 13.1. The van der Waals surface area contributed by atoms with E-state index >= 15 is 0 Å². The van der Waals surface area contributed by atoms with Crippen LogP contribution in [0.2, 0.25) is 0 Å². The summed E-state index contributed by atoms with van der Waals surface area (Å²) in [5, 5.41) is 0. The molecule has 0 aliphatic carbocycles. The van der Waals surface area contributed by atoms with E-state index in [9.17, 15) is 4.57 Å². The maximum Gasteiger partial charge on any atom is 0.270 e. The summed E-state index contributed by atoms with van der Waals surface area (Å²) in [7, 11) is -2.93. The monoisotopic (exact) mass is 382 g/mol. The molecular formula is C22H27N2O2P. The number of allylic oxidation sites excluding steroid dienone is 2. The van der Waals surface area contributed by atoms with E-state index in [1.54, 1.807) is 6.08 Å². The summed E-state index contributed by atoms with van der Waals surface area (Å²) in [6.45, 7) is 9.58. The summed E-state index contributed by atoms with van der Waals surface area (Å²) < 4.78 is 24.5. The van der Waals surface area contributed by atoms with Gasteiger partial charge in [0.1, 0.15) is 12.4 Å². The zero-order valence-corrected chi connectivity index (χ0v) is 16.9. The molecule has 1 saturated heterocycles. The average molecular weight is 382 g/mol. The van der Waals surface area contributed by atoms with Crippen molar-refractivity contribution in [2.45, 2.75) is 13.8 Å². The number of rotatable bonds is 7. The first-order valence-corrected chi connectivity index (χ1v) is 11.0. The van der Waals surface area contributed by atoms with E-state index < -0.39 is 7.44 Å². The van der Waals surface area contributed by atoms with Gasteiger partial charge in [0.05, 0.1) is 6.16 Å². The van der Waals surface area contributed by atoms with Gasteiger partial charge in [-0.2, -0.15) is 0 Å². The minimum atomic E-state index is -2.93. The SMILES string of the molecule is C=CCOC(CP1(=O)N(c2ccccc2)CCN1c1ccccc1)=C(C)C. The molecule has 4 nitrogen and oxygen atoms in total. The number of benzene rings is 2. The summed E-state index contributed by atoms with van der Waals surface area (Å²) in [5.74, 6) is 0.780. The van der Waals surface area contributed by atoms with E-state index in [0.29, 0.717) is 25.9 Å². The maximum absolute atomic E-state index is 14.5. The molecule has 2 aromatic rings. The van der Waals surface area contributed by atoms with Crippen LogP contribution >= 0.6 is 7.44 Å². The van der Waals surface area contributed by atoms with Gasteiger partial charge in [-0.25, -0.2) is 0 Å². The maximum atomic E-state index is 14.5. The number of para-hydroxylation sites is 2. The Labute approximate surface area is 162 Å². The highest BCUT2D eigenvalue weighted by Gasteiger charge is 2.44. The van der Waals surface area contributed by atoms with Crippen molar-refractivity contribution in [2.75, 3.05) is 35.2 Å². The van der Waals surface area contributed by atoms with Gasteiger partial charge in [-0.15, -0.1) is 0 Å². The van der Waals surface area contributed by atoms with Gasteiger partial charge in [0, 0.05) is 24.5 Å². The fourth-order valence-corrected chi connectivity index (χ4v) is 6.49. The first kappa shape index (κ1) is 19.3. The van der Waals surface area contributed by atoms with Crippen molar-refractivity contribution in [2.24, 2.45) is 0 Å². The zero-order valence-electron chi connectivity index (χ0n) is 16.0. The quantitative estimate of drug-likeness (QED) is 0.349. The molecule has 142 valence electrons. The topological polar surface area (TPSA) is 32.8 Å². The van der Waals surface area contributed by atoms with E-state index in [2.05, 4.69) is 15.9 Å². The van der Waals surface area contributed by atoms with Crippen molar-refractivity contribution in [3.63, 3.8) is 0 Å². The molecule has 1 aliphatic heterocycles. The molecule has 0 atom stereocenters. The molecule has 27 heavy (non-hydrogen) atoms. The Morgan fingerprint density at radius 2 is 1.48 bits per heavy atom. The van der Waals surface area contributed by atoms with Gasteiger partial charge in [-0.1, -0.05) is 49.1 Å². The molecule has 1 fully saturated rings. The summed E-state index contributed by atoms with van der Waals surface area (Å²) in [6.07, 6.45) is 2.09. The third kappa shape index (κ3) is 4.12. The van der Waals surface area contributed by atoms with Crippen molar-refractivity contribution < 1.29 is 9.30 Å². The summed E-state index contributed by atoms with van der Waals surface area (Å²) in [4.78, 5) is 0. The lowest BCUT2D eigenvalue weighted by Gasteiger charge is -2.33. The largest absolute Gasteiger partial charge is 0.493 e. The van der Waals surface area contributed by atoms with E-state index in [1.807, 2.05) is 74.5 Å². The van der Waals surface area contributed by atoms with Crippen molar-refractivity contribution in [3.05, 3.63) is 84.7 Å². The predicted molar refractivity (Wildman–Crippen MR) is 115 cm³/mol. The summed E-state index contributed by atoms with van der Waals surface area (Å²) >= 11 is 0. The van der Waals surface area contributed by atoms with Crippen LogP contribution in [-0.2, 0) is 9.30 Å². The second-order valence-corrected chi connectivity index (χ2v) is 9.37. The lowest BCUT2D eigenvalue weighted by Crippen LogP contribution is -2.23. The van der Waals surface area contributed by atoms with E-state index in [1.165, 1.54) is 0 Å². The van der Waals surface area contributed by atoms with Gasteiger partial charge in [0.15, 0.2) is 0 Å². The Morgan fingerprint density at radius 3 is 1.89 bits per heavy atom. The van der Waals surface area contributed by atoms with E-state index in [0.717, 1.165) is 22.7 Å². The minimum Gasteiger partial charge on any atom is -0.493 e. The molecule has 0 aromatic heterocycles. The Morgan fingerprint density at radius 1 is 1.00 bits per heavy atom. The molecule has 5 heteroatoms. The van der Waals surface area contributed by atoms with Gasteiger partial charge >= 0.3 is 0 Å². The number of ether oxygens (including phenoxy) is 1. The zero-order chi connectivity index (χ0) is 19.3. The van der Waals surface area contributed by atoms with Gasteiger partial charge in [0.2, 0.25) is 0 Å². The van der Waals surface area contributed by atoms with E-state index in [-0.39, 0.29) is 0 Å². The molecule has 1 heterocycles. The predicted octanol–water partition coefficient (Wildman–Crippen LogP) is 5.70.